The zero-order chi connectivity index (χ0) is 17.9. The highest BCUT2D eigenvalue weighted by Gasteiger charge is 2.40. The van der Waals surface area contributed by atoms with Crippen molar-refractivity contribution in [3.63, 3.8) is 0 Å². The first kappa shape index (κ1) is 17.8. The minimum Gasteiger partial charge on any atom is -0.335 e. The number of aromatic amines is 1. The minimum atomic E-state index is -4.40. The Labute approximate surface area is 145 Å². The smallest absolute Gasteiger partial charge is 0.335 e. The predicted octanol–water partition coefficient (Wildman–Crippen LogP) is 2.68. The van der Waals surface area contributed by atoms with Crippen LogP contribution in [0.1, 0.15) is 37.7 Å². The Morgan fingerprint density at radius 3 is 2.44 bits per heavy atom. The van der Waals surface area contributed by atoms with E-state index < -0.39 is 11.7 Å². The van der Waals surface area contributed by atoms with Crippen LogP contribution in [0.4, 0.5) is 23.8 Å². The van der Waals surface area contributed by atoms with Crippen LogP contribution >= 0.6 is 0 Å². The number of rotatable bonds is 2. The van der Waals surface area contributed by atoms with Gasteiger partial charge in [0.05, 0.1) is 19.3 Å². The second-order valence-electron chi connectivity index (χ2n) is 6.69. The van der Waals surface area contributed by atoms with Crippen molar-refractivity contribution in [2.24, 2.45) is 0 Å². The molecular weight excluding hydrogens is 333 g/mol. The van der Waals surface area contributed by atoms with Crippen LogP contribution in [-0.4, -0.2) is 43.2 Å². The van der Waals surface area contributed by atoms with Gasteiger partial charge in [0.25, 0.3) is 5.82 Å². The van der Waals surface area contributed by atoms with E-state index in [9.17, 15) is 18.0 Å². The summed E-state index contributed by atoms with van der Waals surface area (Å²) in [5.74, 6) is 0.0716. The van der Waals surface area contributed by atoms with Crippen molar-refractivity contribution in [3.05, 3.63) is 23.9 Å². The highest BCUT2D eigenvalue weighted by Crippen LogP contribution is 2.34. The summed E-state index contributed by atoms with van der Waals surface area (Å²) in [5, 5.41) is 3.06. The number of anilines is 1. The summed E-state index contributed by atoms with van der Waals surface area (Å²) in [4.78, 5) is 18.4. The number of nitrogens with one attached hydrogen (secondary N) is 2. The maximum atomic E-state index is 13.1. The van der Waals surface area contributed by atoms with Crippen molar-refractivity contribution in [3.8, 4) is 0 Å². The molecule has 0 bridgehead atoms. The Balaban J connectivity index is 1.58. The van der Waals surface area contributed by atoms with Gasteiger partial charge in [-0.15, -0.1) is 0 Å². The fourth-order valence-corrected chi connectivity index (χ4v) is 3.56. The lowest BCUT2D eigenvalue weighted by atomic mass is 9.96. The zero-order valence-corrected chi connectivity index (χ0v) is 14.1. The van der Waals surface area contributed by atoms with Crippen molar-refractivity contribution in [1.82, 2.24) is 10.2 Å². The first-order valence-electron chi connectivity index (χ1n) is 8.83. The van der Waals surface area contributed by atoms with Crippen LogP contribution < -0.4 is 15.2 Å². The Morgan fingerprint density at radius 2 is 1.80 bits per heavy atom. The van der Waals surface area contributed by atoms with Crippen LogP contribution in [0.25, 0.3) is 0 Å². The van der Waals surface area contributed by atoms with Crippen molar-refractivity contribution in [2.75, 3.05) is 31.1 Å². The van der Waals surface area contributed by atoms with Gasteiger partial charge in [-0.2, -0.15) is 13.2 Å². The molecule has 1 aliphatic carbocycles. The third kappa shape index (κ3) is 4.35. The van der Waals surface area contributed by atoms with Gasteiger partial charge in [0.1, 0.15) is 18.7 Å². The Morgan fingerprint density at radius 1 is 1.12 bits per heavy atom. The maximum absolute atomic E-state index is 13.1. The van der Waals surface area contributed by atoms with E-state index in [1.807, 2.05) is 0 Å². The number of aromatic nitrogens is 1. The summed E-state index contributed by atoms with van der Waals surface area (Å²) < 4.78 is 39.4. The molecular formula is C17H24F3N4O+. The van der Waals surface area contributed by atoms with Crippen LogP contribution in [0, 0.1) is 0 Å². The first-order chi connectivity index (χ1) is 11.9. The highest BCUT2D eigenvalue weighted by atomic mass is 19.4. The van der Waals surface area contributed by atoms with Gasteiger partial charge in [0.15, 0.2) is 0 Å². The molecule has 138 valence electrons. The first-order valence-corrected chi connectivity index (χ1v) is 8.83. The van der Waals surface area contributed by atoms with Crippen molar-refractivity contribution >= 4 is 11.8 Å². The molecule has 2 N–H and O–H groups in total. The fourth-order valence-electron chi connectivity index (χ4n) is 3.56. The third-order valence-corrected chi connectivity index (χ3v) is 4.96. The van der Waals surface area contributed by atoms with E-state index in [4.69, 9.17) is 0 Å². The Kier molecular flexibility index (Phi) is 5.34. The molecule has 2 heterocycles. The second-order valence-corrected chi connectivity index (χ2v) is 6.69. The number of piperazine rings is 1. The van der Waals surface area contributed by atoms with Crippen LogP contribution in [0.5, 0.6) is 0 Å². The van der Waals surface area contributed by atoms with Crippen molar-refractivity contribution in [1.29, 1.82) is 0 Å². The van der Waals surface area contributed by atoms with Crippen LogP contribution in [0.15, 0.2) is 18.3 Å². The van der Waals surface area contributed by atoms with Gasteiger partial charge < -0.3 is 10.2 Å². The molecule has 1 aliphatic heterocycles. The molecule has 0 radical (unpaired) electrons. The normalized spacial score (nSPS) is 19.8. The summed E-state index contributed by atoms with van der Waals surface area (Å²) in [6.07, 6.45) is 2.63. The summed E-state index contributed by atoms with van der Waals surface area (Å²) in [5.41, 5.74) is -0.671. The lowest BCUT2D eigenvalue weighted by Gasteiger charge is -2.33. The molecule has 1 aromatic heterocycles. The molecule has 1 saturated heterocycles. The van der Waals surface area contributed by atoms with Gasteiger partial charge in [-0.3, -0.25) is 4.90 Å². The lowest BCUT2D eigenvalue weighted by Crippen LogP contribution is -2.54. The molecule has 0 unspecified atom stereocenters. The highest BCUT2D eigenvalue weighted by molar-refractivity contribution is 5.75. The standard InChI is InChI=1S/C17H23F3N4O/c18-17(19,20)14-7-4-8-21-15(14)23-9-11-24(12-10-23)16(25)22-13-5-2-1-3-6-13/h4,7-8,13H,1-3,5-6,9-12H2,(H,22,25)/p+1. The van der Waals surface area contributed by atoms with Gasteiger partial charge in [-0.25, -0.2) is 9.78 Å². The SMILES string of the molecule is O=C(NC1CCCCC1)N1CCN(c2[nH+]cccc2C(F)(F)F)CC1. The predicted molar refractivity (Wildman–Crippen MR) is 87.2 cm³/mol. The van der Waals surface area contributed by atoms with Gasteiger partial charge in [0.2, 0.25) is 0 Å². The van der Waals surface area contributed by atoms with Crippen molar-refractivity contribution in [2.45, 2.75) is 44.3 Å². The third-order valence-electron chi connectivity index (χ3n) is 4.96. The average Bonchev–Trinajstić information content (AvgIpc) is 2.62. The Bertz CT molecular complexity index is 594. The molecule has 25 heavy (non-hydrogen) atoms. The largest absolute Gasteiger partial charge is 0.424 e. The summed E-state index contributed by atoms with van der Waals surface area (Å²) in [7, 11) is 0. The number of alkyl halides is 3. The van der Waals surface area contributed by atoms with E-state index in [0.717, 1.165) is 31.7 Å². The molecule has 2 aliphatic rings. The number of nitrogens with zero attached hydrogens (tertiary/aromatic N) is 2. The fraction of sp³-hybridized carbons (Fsp3) is 0.647. The number of urea groups is 1. The minimum absolute atomic E-state index is 0.0716. The quantitative estimate of drug-likeness (QED) is 0.885. The van der Waals surface area contributed by atoms with E-state index in [2.05, 4.69) is 10.3 Å². The maximum Gasteiger partial charge on any atom is 0.424 e. The van der Waals surface area contributed by atoms with E-state index >= 15 is 0 Å². The van der Waals surface area contributed by atoms with Gasteiger partial charge in [-0.1, -0.05) is 19.3 Å². The summed E-state index contributed by atoms with van der Waals surface area (Å²) in [6.45, 7) is 1.58. The Hall–Kier alpha value is -1.99. The molecule has 3 rings (SSSR count). The summed E-state index contributed by atoms with van der Waals surface area (Å²) >= 11 is 0. The molecule has 1 aromatic rings. The van der Waals surface area contributed by atoms with E-state index in [0.29, 0.717) is 26.2 Å². The molecule has 0 atom stereocenters. The monoisotopic (exact) mass is 357 g/mol. The number of pyridine rings is 1. The number of carbonyl (C=O) groups is 1. The van der Waals surface area contributed by atoms with E-state index in [-0.39, 0.29) is 17.9 Å². The van der Waals surface area contributed by atoms with Gasteiger partial charge >= 0.3 is 12.2 Å². The van der Waals surface area contributed by atoms with Crippen molar-refractivity contribution < 1.29 is 22.9 Å². The van der Waals surface area contributed by atoms with Crippen LogP contribution in [-0.2, 0) is 6.18 Å². The number of carbonyl (C=O) groups excluding carboxylic acids is 1. The van der Waals surface area contributed by atoms with Crippen LogP contribution in [0.3, 0.4) is 0 Å². The molecule has 2 fully saturated rings. The molecule has 0 spiro atoms. The van der Waals surface area contributed by atoms with Gasteiger partial charge in [-0.05, 0) is 25.0 Å². The van der Waals surface area contributed by atoms with E-state index in [1.54, 1.807) is 9.80 Å². The van der Waals surface area contributed by atoms with E-state index in [1.165, 1.54) is 18.7 Å². The summed E-state index contributed by atoms with van der Waals surface area (Å²) in [6, 6.07) is 2.56. The average molecular weight is 357 g/mol. The molecule has 2 amide bonds. The lowest BCUT2D eigenvalue weighted by molar-refractivity contribution is -0.367. The number of hydrogen-bond acceptors (Lipinski definition) is 2. The number of amides is 2. The number of H-pyrrole nitrogens is 1. The van der Waals surface area contributed by atoms with Gasteiger partial charge in [0, 0.05) is 6.04 Å². The number of halogens is 3. The molecule has 0 aromatic carbocycles. The zero-order valence-electron chi connectivity index (χ0n) is 14.1. The topological polar surface area (TPSA) is 49.7 Å². The molecule has 1 saturated carbocycles. The molecule has 5 nitrogen and oxygen atoms in total. The number of hydrogen-bond donors (Lipinski definition) is 1. The van der Waals surface area contributed by atoms with Crippen LogP contribution in [0.2, 0.25) is 0 Å². The molecule has 8 heteroatoms. The second kappa shape index (κ2) is 7.49.